The second-order valence-corrected chi connectivity index (χ2v) is 8.09. The zero-order valence-electron chi connectivity index (χ0n) is 16.8. The highest BCUT2D eigenvalue weighted by molar-refractivity contribution is 5.94. The molecule has 2 aliphatic heterocycles. The molecule has 2 unspecified atom stereocenters. The van der Waals surface area contributed by atoms with Crippen molar-refractivity contribution in [2.24, 2.45) is 11.8 Å². The Hall–Kier alpha value is -1.92. The molecule has 3 N–H and O–H groups in total. The number of ether oxygens (including phenoxy) is 1. The number of amides is 2. The Labute approximate surface area is 167 Å². The Morgan fingerprint density at radius 2 is 2.04 bits per heavy atom. The largest absolute Gasteiger partial charge is 0.376 e. The van der Waals surface area contributed by atoms with Gasteiger partial charge < -0.3 is 20.7 Å². The summed E-state index contributed by atoms with van der Waals surface area (Å²) in [6, 6.07) is 7.45. The summed E-state index contributed by atoms with van der Waals surface area (Å²) in [5.41, 5.74) is 1.56. The molecule has 154 valence electrons. The molecule has 1 aromatic rings. The lowest BCUT2D eigenvalue weighted by molar-refractivity contribution is -0.122. The van der Waals surface area contributed by atoms with Crippen LogP contribution in [0, 0.1) is 11.8 Å². The monoisotopic (exact) mass is 387 g/mol. The van der Waals surface area contributed by atoms with E-state index in [1.54, 1.807) is 6.07 Å². The van der Waals surface area contributed by atoms with E-state index < -0.39 is 0 Å². The molecule has 1 aromatic carbocycles. The molecule has 0 saturated carbocycles. The maximum absolute atomic E-state index is 12.4. The molecule has 2 aliphatic rings. The molecule has 0 aromatic heterocycles. The minimum Gasteiger partial charge on any atom is -0.376 e. The molecule has 2 atom stereocenters. The van der Waals surface area contributed by atoms with E-state index in [-0.39, 0.29) is 17.9 Å². The Morgan fingerprint density at radius 1 is 1.21 bits per heavy atom. The fourth-order valence-electron chi connectivity index (χ4n) is 4.08. The number of benzene rings is 1. The Kier molecular flexibility index (Phi) is 7.86. The first kappa shape index (κ1) is 20.8. The van der Waals surface area contributed by atoms with Crippen LogP contribution in [-0.2, 0) is 16.1 Å². The smallest absolute Gasteiger partial charge is 0.251 e. The number of rotatable bonds is 8. The van der Waals surface area contributed by atoms with Crippen molar-refractivity contribution >= 4 is 11.8 Å². The average molecular weight is 388 g/mol. The topological polar surface area (TPSA) is 79.5 Å². The van der Waals surface area contributed by atoms with E-state index in [2.05, 4.69) is 22.9 Å². The number of hydrogen-bond donors (Lipinski definition) is 3. The third kappa shape index (κ3) is 6.31. The van der Waals surface area contributed by atoms with Gasteiger partial charge in [0.05, 0.1) is 6.10 Å². The molecular formula is C22H33N3O3. The van der Waals surface area contributed by atoms with Gasteiger partial charge in [-0.25, -0.2) is 0 Å². The van der Waals surface area contributed by atoms with Gasteiger partial charge in [-0.1, -0.05) is 19.1 Å². The third-order valence-electron chi connectivity index (χ3n) is 5.89. The number of piperidine rings is 1. The number of carbonyl (C=O) groups is 2. The minimum atomic E-state index is -0.0943. The van der Waals surface area contributed by atoms with E-state index in [9.17, 15) is 9.59 Å². The van der Waals surface area contributed by atoms with Crippen molar-refractivity contribution < 1.29 is 14.3 Å². The Morgan fingerprint density at radius 3 is 2.79 bits per heavy atom. The van der Waals surface area contributed by atoms with E-state index >= 15 is 0 Å². The van der Waals surface area contributed by atoms with Crippen LogP contribution < -0.4 is 16.0 Å². The van der Waals surface area contributed by atoms with Gasteiger partial charge in [0, 0.05) is 31.7 Å². The molecule has 0 radical (unpaired) electrons. The van der Waals surface area contributed by atoms with Crippen LogP contribution in [0.5, 0.6) is 0 Å². The zero-order valence-corrected chi connectivity index (χ0v) is 16.8. The van der Waals surface area contributed by atoms with Crippen LogP contribution in [0.25, 0.3) is 0 Å². The van der Waals surface area contributed by atoms with E-state index in [4.69, 9.17) is 4.74 Å². The van der Waals surface area contributed by atoms with Gasteiger partial charge in [0.25, 0.3) is 5.91 Å². The van der Waals surface area contributed by atoms with Crippen molar-refractivity contribution in [3.63, 3.8) is 0 Å². The van der Waals surface area contributed by atoms with Crippen molar-refractivity contribution in [2.45, 2.75) is 51.7 Å². The molecule has 2 saturated heterocycles. The molecule has 6 nitrogen and oxygen atoms in total. The third-order valence-corrected chi connectivity index (χ3v) is 5.89. The predicted molar refractivity (Wildman–Crippen MR) is 109 cm³/mol. The summed E-state index contributed by atoms with van der Waals surface area (Å²) >= 11 is 0. The van der Waals surface area contributed by atoms with Crippen LogP contribution in [-0.4, -0.2) is 44.2 Å². The van der Waals surface area contributed by atoms with E-state index in [0.29, 0.717) is 36.9 Å². The van der Waals surface area contributed by atoms with E-state index in [0.717, 1.165) is 50.9 Å². The molecule has 0 aliphatic carbocycles. The lowest BCUT2D eigenvalue weighted by Crippen LogP contribution is -2.33. The molecule has 2 fully saturated rings. The van der Waals surface area contributed by atoms with Gasteiger partial charge in [-0.15, -0.1) is 0 Å². The predicted octanol–water partition coefficient (Wildman–Crippen LogP) is 2.24. The van der Waals surface area contributed by atoms with Gasteiger partial charge in [-0.3, -0.25) is 9.59 Å². The highest BCUT2D eigenvalue weighted by Crippen LogP contribution is 2.24. The first-order valence-corrected chi connectivity index (χ1v) is 10.6. The van der Waals surface area contributed by atoms with Gasteiger partial charge in [0.1, 0.15) is 0 Å². The van der Waals surface area contributed by atoms with Crippen molar-refractivity contribution in [3.05, 3.63) is 35.4 Å². The van der Waals surface area contributed by atoms with Gasteiger partial charge in [0.15, 0.2) is 0 Å². The highest BCUT2D eigenvalue weighted by Gasteiger charge is 2.22. The lowest BCUT2D eigenvalue weighted by Gasteiger charge is -2.27. The molecule has 6 heteroatoms. The summed E-state index contributed by atoms with van der Waals surface area (Å²) in [4.78, 5) is 24.7. The van der Waals surface area contributed by atoms with Gasteiger partial charge >= 0.3 is 0 Å². The van der Waals surface area contributed by atoms with Crippen molar-refractivity contribution in [3.8, 4) is 0 Å². The SMILES string of the molecule is CC(CC(=O)NCc1cccc(C(=O)NCC2CCCO2)c1)C1CCNCC1. The zero-order chi connectivity index (χ0) is 19.8. The second kappa shape index (κ2) is 10.6. The van der Waals surface area contributed by atoms with Gasteiger partial charge in [-0.2, -0.15) is 0 Å². The standard InChI is InChI=1S/C22H33N3O3/c1-16(18-7-9-23-10-8-18)12-21(26)24-14-17-4-2-5-19(13-17)22(27)25-15-20-6-3-11-28-20/h2,4-5,13,16,18,20,23H,3,6-12,14-15H2,1H3,(H,24,26)(H,25,27). The summed E-state index contributed by atoms with van der Waals surface area (Å²) < 4.78 is 5.54. The minimum absolute atomic E-state index is 0.0827. The summed E-state index contributed by atoms with van der Waals surface area (Å²) in [5.74, 6) is 1.02. The van der Waals surface area contributed by atoms with Crippen LogP contribution in [0.1, 0.15) is 54.9 Å². The van der Waals surface area contributed by atoms with Crippen LogP contribution in [0.3, 0.4) is 0 Å². The molecular weight excluding hydrogens is 354 g/mol. The fraction of sp³-hybridized carbons (Fsp3) is 0.636. The van der Waals surface area contributed by atoms with Gasteiger partial charge in [-0.05, 0) is 68.3 Å². The van der Waals surface area contributed by atoms with Crippen molar-refractivity contribution in [1.29, 1.82) is 0 Å². The Balaban J connectivity index is 1.43. The number of hydrogen-bond acceptors (Lipinski definition) is 4. The molecule has 2 amide bonds. The van der Waals surface area contributed by atoms with Gasteiger partial charge in [0.2, 0.25) is 5.91 Å². The van der Waals surface area contributed by atoms with Crippen LogP contribution in [0.4, 0.5) is 0 Å². The van der Waals surface area contributed by atoms with Crippen molar-refractivity contribution in [1.82, 2.24) is 16.0 Å². The maximum Gasteiger partial charge on any atom is 0.251 e. The van der Waals surface area contributed by atoms with Crippen molar-refractivity contribution in [2.75, 3.05) is 26.2 Å². The highest BCUT2D eigenvalue weighted by atomic mass is 16.5. The number of nitrogens with one attached hydrogen (secondary N) is 3. The summed E-state index contributed by atoms with van der Waals surface area (Å²) in [6.07, 6.45) is 5.06. The van der Waals surface area contributed by atoms with E-state index in [1.807, 2.05) is 18.2 Å². The van der Waals surface area contributed by atoms with E-state index in [1.165, 1.54) is 0 Å². The summed E-state index contributed by atoms with van der Waals surface area (Å²) in [6.45, 7) is 6.07. The maximum atomic E-state index is 12.4. The van der Waals surface area contributed by atoms with Crippen LogP contribution >= 0.6 is 0 Å². The molecule has 0 spiro atoms. The normalized spacial score (nSPS) is 21.2. The molecule has 2 heterocycles. The fourth-order valence-corrected chi connectivity index (χ4v) is 4.08. The first-order chi connectivity index (χ1) is 13.6. The summed E-state index contributed by atoms with van der Waals surface area (Å²) in [7, 11) is 0. The quantitative estimate of drug-likeness (QED) is 0.639. The molecule has 0 bridgehead atoms. The van der Waals surface area contributed by atoms with Crippen LogP contribution in [0.15, 0.2) is 24.3 Å². The Bertz CT molecular complexity index is 652. The number of carbonyl (C=O) groups excluding carboxylic acids is 2. The van der Waals surface area contributed by atoms with Crippen LogP contribution in [0.2, 0.25) is 0 Å². The second-order valence-electron chi connectivity index (χ2n) is 8.09. The first-order valence-electron chi connectivity index (χ1n) is 10.6. The molecule has 28 heavy (non-hydrogen) atoms. The lowest BCUT2D eigenvalue weighted by atomic mass is 9.84. The average Bonchev–Trinajstić information content (AvgIpc) is 3.25. The molecule has 3 rings (SSSR count). The summed E-state index contributed by atoms with van der Waals surface area (Å²) in [5, 5.41) is 9.31.